The Morgan fingerprint density at radius 1 is 0.700 bits per heavy atom. The van der Waals surface area contributed by atoms with Gasteiger partial charge in [0.2, 0.25) is 6.10 Å². The number of carbonyl (C=O) groups excluding carboxylic acids is 8. The number of hydrogen-bond donors (Lipinski definition) is 8. The monoisotopic (exact) mass is 1120 g/mol. The van der Waals surface area contributed by atoms with Crippen LogP contribution in [0.3, 0.4) is 0 Å². The Kier molecular flexibility index (Phi) is 16.9. The summed E-state index contributed by atoms with van der Waals surface area (Å²) in [5.74, 6) is -10.3. The van der Waals surface area contributed by atoms with E-state index in [9.17, 15) is 64.5 Å². The standard InChI is InChI=1S/C57H65NO22/c1-27-33(76-53(72)46(39(30-16-10-7-11-17-30)58-51(70)31-18-12-8-13-19-31)77-36(62)22-23-37(63)78-47-43(67)41(65)40(64)42(66)44(47)68)25-57(73)50(79-52(71)32-20-14-9-15-21-32)48-55(6,34(61)24-35-56(48,26-74-35)80-29(3)60)49(69)45(75-28(2)59)38(27)54(57,4)5/h7-21,33-35,39-48,50,61,64-68,73H,22-26H2,1-6H3,(H,58,70)/t33-,34-,35+,39-,40?,41-,42+,43+,44-,45+,46+,47?,48?,50-,55+,56-,57+/m0/s1. The minimum atomic E-state index is -2.58. The van der Waals surface area contributed by atoms with Crippen molar-refractivity contribution in [3.8, 4) is 0 Å². The van der Waals surface area contributed by atoms with Gasteiger partial charge < -0.3 is 74.2 Å². The van der Waals surface area contributed by atoms with Gasteiger partial charge in [0.1, 0.15) is 60.5 Å². The minimum absolute atomic E-state index is 0.0138. The van der Waals surface area contributed by atoms with Gasteiger partial charge in [-0.2, -0.15) is 0 Å². The Morgan fingerprint density at radius 3 is 1.80 bits per heavy atom. The molecule has 8 N–H and O–H groups in total. The van der Waals surface area contributed by atoms with Gasteiger partial charge in [-0.1, -0.05) is 80.6 Å². The van der Waals surface area contributed by atoms with Crippen LogP contribution in [-0.2, 0) is 61.9 Å². The van der Waals surface area contributed by atoms with E-state index < -0.39 is 181 Å². The predicted octanol–water partition coefficient (Wildman–Crippen LogP) is 0.797. The van der Waals surface area contributed by atoms with Crippen molar-refractivity contribution in [1.82, 2.24) is 5.32 Å². The van der Waals surface area contributed by atoms with Crippen LogP contribution in [0.2, 0.25) is 0 Å². The summed E-state index contributed by atoms with van der Waals surface area (Å²) in [6.07, 6.45) is -25.6. The smallest absolute Gasteiger partial charge is 0.350 e. The number of rotatable bonds is 15. The second kappa shape index (κ2) is 22.9. The number of fused-ring (bicyclic) bond motifs is 5. The first-order chi connectivity index (χ1) is 37.7. The number of aliphatic hydroxyl groups is 7. The SMILES string of the molecule is CC(=O)O[C@H]1C(=O)[C@@]2(C)C([C@H](OC(=O)c3ccccc3)[C@]3(O)C[C@H](OC(=O)[C@H](OC(=O)CCC(=O)OC4[C@@H](O)[C@H](O)C(O)[C@H](O)[C@H]4O)[C@@H](NC(=O)c4ccccc4)c4ccccc4)C(C)=C1C3(C)C)[C@]1(OC(C)=O)CO[C@@H]1C[C@@H]2O. The van der Waals surface area contributed by atoms with Crippen molar-refractivity contribution in [2.75, 3.05) is 6.61 Å². The van der Waals surface area contributed by atoms with Gasteiger partial charge in [-0.3, -0.25) is 28.8 Å². The fraction of sp³-hybridized carbons (Fsp3) is 0.509. The lowest BCUT2D eigenvalue weighted by Crippen LogP contribution is -2.82. The quantitative estimate of drug-likeness (QED) is 0.0593. The van der Waals surface area contributed by atoms with Gasteiger partial charge in [0, 0.05) is 37.7 Å². The van der Waals surface area contributed by atoms with Gasteiger partial charge in [0.25, 0.3) is 5.91 Å². The summed E-state index contributed by atoms with van der Waals surface area (Å²) in [6.45, 7) is 7.44. The molecule has 5 aliphatic rings. The molecule has 3 aromatic carbocycles. The number of esters is 6. The van der Waals surface area contributed by atoms with Crippen LogP contribution in [0.4, 0.5) is 0 Å². The van der Waals surface area contributed by atoms with Gasteiger partial charge in [0.15, 0.2) is 23.6 Å². The summed E-state index contributed by atoms with van der Waals surface area (Å²) in [7, 11) is 0. The van der Waals surface area contributed by atoms with E-state index in [4.69, 9.17) is 33.2 Å². The van der Waals surface area contributed by atoms with E-state index >= 15 is 9.59 Å². The van der Waals surface area contributed by atoms with Crippen molar-refractivity contribution in [2.24, 2.45) is 16.7 Å². The first-order valence-electron chi connectivity index (χ1n) is 26.0. The highest BCUT2D eigenvalue weighted by molar-refractivity contribution is 5.96. The van der Waals surface area contributed by atoms with Crippen molar-refractivity contribution in [3.63, 3.8) is 0 Å². The van der Waals surface area contributed by atoms with Gasteiger partial charge >= 0.3 is 35.8 Å². The molecule has 2 bridgehead atoms. The van der Waals surface area contributed by atoms with Crippen LogP contribution in [0.25, 0.3) is 0 Å². The maximum atomic E-state index is 15.8. The molecule has 0 spiro atoms. The van der Waals surface area contributed by atoms with Crippen molar-refractivity contribution in [2.45, 2.75) is 158 Å². The van der Waals surface area contributed by atoms with E-state index in [0.717, 1.165) is 13.8 Å². The zero-order valence-corrected chi connectivity index (χ0v) is 44.5. The lowest BCUT2D eigenvalue weighted by Gasteiger charge is -2.67. The molecule has 17 atom stereocenters. The van der Waals surface area contributed by atoms with Crippen molar-refractivity contribution in [3.05, 3.63) is 119 Å². The van der Waals surface area contributed by atoms with Crippen molar-refractivity contribution >= 4 is 47.5 Å². The summed E-state index contributed by atoms with van der Waals surface area (Å²) in [6, 6.07) is 21.4. The molecule has 80 heavy (non-hydrogen) atoms. The van der Waals surface area contributed by atoms with Crippen LogP contribution in [0.15, 0.2) is 102 Å². The minimum Gasteiger partial charge on any atom is -0.457 e. The summed E-state index contributed by atoms with van der Waals surface area (Å²) < 4.78 is 41.7. The van der Waals surface area contributed by atoms with Crippen LogP contribution in [0.1, 0.15) is 99.5 Å². The summed E-state index contributed by atoms with van der Waals surface area (Å²) in [5, 5.41) is 80.2. The van der Waals surface area contributed by atoms with Crippen LogP contribution in [0, 0.1) is 16.7 Å². The number of ketones is 1. The van der Waals surface area contributed by atoms with Crippen LogP contribution < -0.4 is 5.32 Å². The van der Waals surface area contributed by atoms with Gasteiger partial charge in [-0.25, -0.2) is 9.59 Å². The van der Waals surface area contributed by atoms with Crippen molar-refractivity contribution in [1.29, 1.82) is 0 Å². The average Bonchev–Trinajstić information content (AvgIpc) is 3.61. The Balaban J connectivity index is 1.23. The second-order valence-electron chi connectivity index (χ2n) is 21.7. The van der Waals surface area contributed by atoms with Crippen molar-refractivity contribution < 1.29 is 107 Å². The van der Waals surface area contributed by atoms with Crippen LogP contribution in [0.5, 0.6) is 0 Å². The number of Topliss-reactive ketones (excluding diaryl/α,β-unsaturated/α-hetero) is 1. The number of aliphatic hydroxyl groups excluding tert-OH is 6. The predicted molar refractivity (Wildman–Crippen MR) is 271 cm³/mol. The molecule has 4 fully saturated rings. The average molecular weight is 1120 g/mol. The van der Waals surface area contributed by atoms with E-state index in [1.54, 1.807) is 54.6 Å². The Morgan fingerprint density at radius 2 is 1.25 bits per heavy atom. The Labute approximate surface area is 458 Å². The third-order valence-corrected chi connectivity index (χ3v) is 16.6. The largest absolute Gasteiger partial charge is 0.457 e. The first kappa shape index (κ1) is 59.2. The third-order valence-electron chi connectivity index (χ3n) is 16.6. The third kappa shape index (κ3) is 10.6. The molecule has 3 aromatic rings. The molecular formula is C57H65NO22. The normalized spacial score (nSPS) is 33.9. The van der Waals surface area contributed by atoms with E-state index in [-0.39, 0.29) is 34.3 Å². The van der Waals surface area contributed by atoms with E-state index in [2.05, 4.69) is 5.32 Å². The molecule has 23 nitrogen and oxygen atoms in total. The van der Waals surface area contributed by atoms with Crippen LogP contribution in [-0.4, -0.2) is 174 Å². The lowest BCUT2D eigenvalue weighted by atomic mass is 9.44. The first-order valence-corrected chi connectivity index (χ1v) is 26.0. The lowest BCUT2D eigenvalue weighted by molar-refractivity contribution is -0.346. The molecule has 23 heteroatoms. The van der Waals surface area contributed by atoms with E-state index in [1.807, 2.05) is 0 Å². The van der Waals surface area contributed by atoms with E-state index in [1.165, 1.54) is 64.1 Å². The molecule has 1 heterocycles. The highest BCUT2D eigenvalue weighted by Crippen LogP contribution is 2.64. The van der Waals surface area contributed by atoms with E-state index in [0.29, 0.717) is 0 Å². The topological polar surface area (TPSA) is 355 Å². The fourth-order valence-corrected chi connectivity index (χ4v) is 12.2. The molecule has 430 valence electrons. The van der Waals surface area contributed by atoms with Gasteiger partial charge in [0.05, 0.1) is 42.4 Å². The fourth-order valence-electron chi connectivity index (χ4n) is 12.2. The molecule has 1 saturated heterocycles. The second-order valence-corrected chi connectivity index (χ2v) is 21.7. The summed E-state index contributed by atoms with van der Waals surface area (Å²) in [5.41, 5.74) is -8.36. The number of nitrogens with one attached hydrogen (secondary N) is 1. The molecular weight excluding hydrogens is 1050 g/mol. The van der Waals surface area contributed by atoms with Crippen LogP contribution >= 0.6 is 0 Å². The Hall–Kier alpha value is -6.96. The molecule has 3 unspecified atom stereocenters. The summed E-state index contributed by atoms with van der Waals surface area (Å²) >= 11 is 0. The summed E-state index contributed by atoms with van der Waals surface area (Å²) in [4.78, 5) is 113. The molecule has 0 aromatic heterocycles. The molecule has 4 aliphatic carbocycles. The number of carbonyl (C=O) groups is 8. The molecule has 1 aliphatic heterocycles. The number of ether oxygens (including phenoxy) is 7. The zero-order chi connectivity index (χ0) is 58.4. The highest BCUT2D eigenvalue weighted by atomic mass is 16.6. The zero-order valence-electron chi connectivity index (χ0n) is 44.5. The number of hydrogen-bond acceptors (Lipinski definition) is 22. The number of benzene rings is 3. The van der Waals surface area contributed by atoms with Gasteiger partial charge in [-0.15, -0.1) is 0 Å². The molecule has 1 amide bonds. The maximum Gasteiger partial charge on any atom is 0.350 e. The molecule has 8 rings (SSSR count). The maximum absolute atomic E-state index is 15.8. The number of amides is 1. The highest BCUT2D eigenvalue weighted by Gasteiger charge is 2.78. The Bertz CT molecular complexity index is 2880. The van der Waals surface area contributed by atoms with Gasteiger partial charge in [-0.05, 0) is 54.8 Å². The molecule has 3 saturated carbocycles. The molecule has 0 radical (unpaired) electrons.